The summed E-state index contributed by atoms with van der Waals surface area (Å²) in [7, 11) is 1.15. The molecule has 0 unspecified atom stereocenters. The number of carbonyl (C=O) groups excluding carboxylic acids is 1. The molecule has 0 bridgehead atoms. The van der Waals surface area contributed by atoms with Crippen LogP contribution in [-0.2, 0) is 10.9 Å². The summed E-state index contributed by atoms with van der Waals surface area (Å²) in [6.45, 7) is 0. The zero-order chi connectivity index (χ0) is 19.8. The minimum Gasteiger partial charge on any atom is -0.464 e. The topological polar surface area (TPSA) is 98.9 Å². The molecule has 7 nitrogen and oxygen atoms in total. The van der Waals surface area contributed by atoms with Crippen LogP contribution in [-0.4, -0.2) is 27.4 Å². The second-order valence-corrected chi connectivity index (χ2v) is 5.41. The molecule has 0 aliphatic carbocycles. The van der Waals surface area contributed by atoms with Crippen molar-refractivity contribution in [2.75, 3.05) is 12.8 Å². The summed E-state index contributed by atoms with van der Waals surface area (Å²) in [6, 6.07) is 8.99. The standard InChI is InChI=1S/C17H12F3N5O2/c1-27-16(26)15-14(22)10(8-21)9-24(15)11-4-2-3-5-12(11)25-7-6-13(23-25)17(18,19)20/h2-7,9H,22H2,1H3. The molecule has 1 aromatic carbocycles. The Hall–Kier alpha value is -3.74. The summed E-state index contributed by atoms with van der Waals surface area (Å²) in [5.74, 6) is -0.791. The predicted molar refractivity (Wildman–Crippen MR) is 88.4 cm³/mol. The molecular formula is C17H12F3N5O2. The third kappa shape index (κ3) is 3.10. The number of hydrogen-bond acceptors (Lipinski definition) is 5. The third-order valence-corrected chi connectivity index (χ3v) is 3.81. The van der Waals surface area contributed by atoms with Crippen LogP contribution in [0.1, 0.15) is 21.7 Å². The van der Waals surface area contributed by atoms with Gasteiger partial charge in [0.1, 0.15) is 6.07 Å². The molecule has 27 heavy (non-hydrogen) atoms. The first-order valence-electron chi connectivity index (χ1n) is 7.49. The molecule has 2 N–H and O–H groups in total. The lowest BCUT2D eigenvalue weighted by Crippen LogP contribution is -2.13. The molecule has 3 aromatic rings. The molecule has 0 amide bonds. The number of nitrogens with two attached hydrogens (primary N) is 1. The van der Waals surface area contributed by atoms with E-state index in [1.54, 1.807) is 18.2 Å². The van der Waals surface area contributed by atoms with Gasteiger partial charge in [-0.2, -0.15) is 23.5 Å². The molecule has 0 aliphatic heterocycles. The Balaban J connectivity index is 2.23. The molecular weight excluding hydrogens is 363 g/mol. The van der Waals surface area contributed by atoms with Crippen molar-refractivity contribution in [3.63, 3.8) is 0 Å². The number of carbonyl (C=O) groups is 1. The van der Waals surface area contributed by atoms with E-state index in [9.17, 15) is 23.2 Å². The summed E-state index contributed by atoms with van der Waals surface area (Å²) >= 11 is 0. The molecule has 0 aliphatic rings. The van der Waals surface area contributed by atoms with Crippen molar-refractivity contribution < 1.29 is 22.7 Å². The molecule has 0 saturated carbocycles. The number of aromatic nitrogens is 3. The molecule has 10 heteroatoms. The van der Waals surface area contributed by atoms with Gasteiger partial charge in [-0.25, -0.2) is 9.48 Å². The number of esters is 1. The van der Waals surface area contributed by atoms with E-state index in [2.05, 4.69) is 5.10 Å². The average molecular weight is 375 g/mol. The Morgan fingerprint density at radius 3 is 2.48 bits per heavy atom. The number of ether oxygens (including phenoxy) is 1. The second kappa shape index (κ2) is 6.53. The largest absolute Gasteiger partial charge is 0.464 e. The Morgan fingerprint density at radius 2 is 1.93 bits per heavy atom. The predicted octanol–water partition coefficient (Wildman–Crippen LogP) is 2.92. The van der Waals surface area contributed by atoms with Crippen LogP contribution >= 0.6 is 0 Å². The number of hydrogen-bond donors (Lipinski definition) is 1. The summed E-state index contributed by atoms with van der Waals surface area (Å²) in [5, 5.41) is 12.7. The summed E-state index contributed by atoms with van der Waals surface area (Å²) in [4.78, 5) is 12.1. The number of para-hydroxylation sites is 2. The molecule has 3 rings (SSSR count). The number of nitrogen functional groups attached to an aromatic ring is 1. The summed E-state index contributed by atoms with van der Waals surface area (Å²) in [6.07, 6.45) is -2.13. The Labute approximate surface area is 151 Å². The van der Waals surface area contributed by atoms with E-state index in [0.29, 0.717) is 5.69 Å². The Bertz CT molecular complexity index is 1060. The van der Waals surface area contributed by atoms with Crippen molar-refractivity contribution in [2.45, 2.75) is 6.18 Å². The lowest BCUT2D eigenvalue weighted by molar-refractivity contribution is -0.141. The molecule has 0 atom stereocenters. The quantitative estimate of drug-likeness (QED) is 0.710. The van der Waals surface area contributed by atoms with E-state index < -0.39 is 17.8 Å². The highest BCUT2D eigenvalue weighted by Crippen LogP contribution is 2.30. The Morgan fingerprint density at radius 1 is 1.26 bits per heavy atom. The SMILES string of the molecule is COC(=O)c1c(N)c(C#N)cn1-c1ccccc1-n1ccc(C(F)(F)F)n1. The van der Waals surface area contributed by atoms with Crippen LogP contribution < -0.4 is 5.73 Å². The van der Waals surface area contributed by atoms with Crippen molar-refractivity contribution in [3.8, 4) is 17.4 Å². The third-order valence-electron chi connectivity index (χ3n) is 3.81. The van der Waals surface area contributed by atoms with Gasteiger partial charge in [0.2, 0.25) is 0 Å². The number of alkyl halides is 3. The first kappa shape index (κ1) is 18.1. The highest BCUT2D eigenvalue weighted by Gasteiger charge is 2.34. The fourth-order valence-corrected chi connectivity index (χ4v) is 2.58. The number of nitrogens with zero attached hydrogens (tertiary/aromatic N) is 4. The van der Waals surface area contributed by atoms with Gasteiger partial charge in [0.05, 0.1) is 29.7 Å². The van der Waals surface area contributed by atoms with Crippen molar-refractivity contribution >= 4 is 11.7 Å². The van der Waals surface area contributed by atoms with E-state index >= 15 is 0 Å². The maximum absolute atomic E-state index is 12.9. The maximum atomic E-state index is 12.9. The number of nitriles is 1. The number of halogens is 3. The van der Waals surface area contributed by atoms with Gasteiger partial charge >= 0.3 is 12.1 Å². The fraction of sp³-hybridized carbons (Fsp3) is 0.118. The highest BCUT2D eigenvalue weighted by molar-refractivity contribution is 5.96. The fourth-order valence-electron chi connectivity index (χ4n) is 2.58. The number of rotatable bonds is 3. The lowest BCUT2D eigenvalue weighted by Gasteiger charge is -2.13. The van der Waals surface area contributed by atoms with Gasteiger partial charge in [0.15, 0.2) is 11.4 Å². The van der Waals surface area contributed by atoms with Crippen LogP contribution in [0.15, 0.2) is 42.7 Å². The average Bonchev–Trinajstić information content (AvgIpc) is 3.26. The molecule has 0 saturated heterocycles. The van der Waals surface area contributed by atoms with Crippen molar-refractivity contribution in [2.24, 2.45) is 0 Å². The van der Waals surface area contributed by atoms with E-state index in [0.717, 1.165) is 24.1 Å². The van der Waals surface area contributed by atoms with E-state index in [1.807, 2.05) is 6.07 Å². The molecule has 0 fully saturated rings. The first-order chi connectivity index (χ1) is 12.8. The summed E-state index contributed by atoms with van der Waals surface area (Å²) < 4.78 is 45.6. The molecule has 0 radical (unpaired) electrons. The van der Waals surface area contributed by atoms with Crippen LogP contribution in [0.25, 0.3) is 11.4 Å². The van der Waals surface area contributed by atoms with Crippen molar-refractivity contribution in [1.29, 1.82) is 5.26 Å². The van der Waals surface area contributed by atoms with Gasteiger partial charge in [0, 0.05) is 12.4 Å². The monoisotopic (exact) mass is 375 g/mol. The summed E-state index contributed by atoms with van der Waals surface area (Å²) in [5.41, 5.74) is 5.18. The first-order valence-corrected chi connectivity index (χ1v) is 7.49. The normalized spacial score (nSPS) is 11.2. The van der Waals surface area contributed by atoms with Gasteiger partial charge in [0.25, 0.3) is 0 Å². The smallest absolute Gasteiger partial charge is 0.435 e. The van der Waals surface area contributed by atoms with Gasteiger partial charge in [-0.1, -0.05) is 12.1 Å². The highest BCUT2D eigenvalue weighted by atomic mass is 19.4. The van der Waals surface area contributed by atoms with Crippen molar-refractivity contribution in [3.05, 3.63) is 59.7 Å². The van der Waals surface area contributed by atoms with Crippen LogP contribution in [0.2, 0.25) is 0 Å². The number of anilines is 1. The van der Waals surface area contributed by atoms with E-state index in [4.69, 9.17) is 10.5 Å². The Kier molecular flexibility index (Phi) is 4.37. The van der Waals surface area contributed by atoms with Gasteiger partial charge in [-0.15, -0.1) is 0 Å². The van der Waals surface area contributed by atoms with Crippen LogP contribution in [0.5, 0.6) is 0 Å². The van der Waals surface area contributed by atoms with E-state index in [-0.39, 0.29) is 22.6 Å². The number of methoxy groups -OCH3 is 1. The lowest BCUT2D eigenvalue weighted by atomic mass is 10.2. The number of benzene rings is 1. The molecule has 2 heterocycles. The molecule has 0 spiro atoms. The molecule has 138 valence electrons. The van der Waals surface area contributed by atoms with Gasteiger partial charge in [-0.3, -0.25) is 0 Å². The van der Waals surface area contributed by atoms with Crippen LogP contribution in [0, 0.1) is 11.3 Å². The van der Waals surface area contributed by atoms with Crippen LogP contribution in [0.3, 0.4) is 0 Å². The zero-order valence-corrected chi connectivity index (χ0v) is 13.9. The minimum atomic E-state index is -4.59. The van der Waals surface area contributed by atoms with Crippen LogP contribution in [0.4, 0.5) is 18.9 Å². The van der Waals surface area contributed by atoms with Gasteiger partial charge in [-0.05, 0) is 18.2 Å². The van der Waals surface area contributed by atoms with Crippen molar-refractivity contribution in [1.82, 2.24) is 14.3 Å². The second-order valence-electron chi connectivity index (χ2n) is 5.41. The zero-order valence-electron chi connectivity index (χ0n) is 13.9. The molecule has 2 aromatic heterocycles. The minimum absolute atomic E-state index is 0.0293. The maximum Gasteiger partial charge on any atom is 0.435 e. The van der Waals surface area contributed by atoms with E-state index in [1.165, 1.54) is 16.8 Å². The van der Waals surface area contributed by atoms with Gasteiger partial charge < -0.3 is 15.0 Å².